The van der Waals surface area contributed by atoms with E-state index in [9.17, 15) is 19.1 Å². The van der Waals surface area contributed by atoms with Crippen molar-refractivity contribution in [3.63, 3.8) is 0 Å². The molecule has 0 aliphatic heterocycles. The number of carboxylic acids is 1. The molecule has 0 amide bonds. The summed E-state index contributed by atoms with van der Waals surface area (Å²) in [5.74, 6) is -1.81. The summed E-state index contributed by atoms with van der Waals surface area (Å²) < 4.78 is 13.6. The summed E-state index contributed by atoms with van der Waals surface area (Å²) in [5.41, 5.74) is -1.22. The third-order valence-corrected chi connectivity index (χ3v) is 3.35. The number of hydrogen-bond acceptors (Lipinski definition) is 3. The van der Waals surface area contributed by atoms with E-state index in [2.05, 4.69) is 4.98 Å². The maximum Gasteiger partial charge on any atom is 0.314 e. The summed E-state index contributed by atoms with van der Waals surface area (Å²) in [6.07, 6.45) is 1.93. The van der Waals surface area contributed by atoms with Crippen LogP contribution in [0.3, 0.4) is 0 Å². The van der Waals surface area contributed by atoms with E-state index in [1.807, 2.05) is 0 Å². The maximum atomic E-state index is 13.6. The zero-order valence-corrected chi connectivity index (χ0v) is 9.15. The van der Waals surface area contributed by atoms with Crippen molar-refractivity contribution in [3.8, 4) is 0 Å². The first kappa shape index (κ1) is 11.7. The molecule has 5 heteroatoms. The quantitative estimate of drug-likeness (QED) is 0.795. The Bertz CT molecular complexity index is 463. The molecule has 1 aliphatic carbocycles. The minimum Gasteiger partial charge on any atom is -0.481 e. The van der Waals surface area contributed by atoms with Gasteiger partial charge in [0, 0.05) is 24.6 Å². The van der Waals surface area contributed by atoms with Crippen LogP contribution < -0.4 is 0 Å². The Hall–Kier alpha value is -1.78. The predicted molar refractivity (Wildman–Crippen MR) is 57.0 cm³/mol. The van der Waals surface area contributed by atoms with Crippen LogP contribution >= 0.6 is 0 Å². The molecule has 0 unspecified atom stereocenters. The average Bonchev–Trinajstić information content (AvgIpc) is 2.31. The normalized spacial score (nSPS) is 19.0. The van der Waals surface area contributed by atoms with Gasteiger partial charge in [-0.3, -0.25) is 9.59 Å². The van der Waals surface area contributed by atoms with Crippen molar-refractivity contribution in [3.05, 3.63) is 29.8 Å². The summed E-state index contributed by atoms with van der Waals surface area (Å²) in [5, 5.41) is 9.35. The molecule has 1 fully saturated rings. The van der Waals surface area contributed by atoms with Gasteiger partial charge in [-0.2, -0.15) is 4.39 Å². The SMILES string of the molecule is O=C1CCC(C(=O)O)(c2cccnc2F)CC1. The Morgan fingerprint density at radius 3 is 2.59 bits per heavy atom. The van der Waals surface area contributed by atoms with Gasteiger partial charge in [0.05, 0.1) is 5.41 Å². The monoisotopic (exact) mass is 237 g/mol. The van der Waals surface area contributed by atoms with Gasteiger partial charge in [-0.15, -0.1) is 0 Å². The third kappa shape index (κ3) is 1.92. The molecule has 90 valence electrons. The first-order valence-electron chi connectivity index (χ1n) is 5.42. The molecule has 0 spiro atoms. The Morgan fingerprint density at radius 2 is 2.06 bits per heavy atom. The molecule has 1 N–H and O–H groups in total. The second-order valence-electron chi connectivity index (χ2n) is 4.27. The molecule has 2 rings (SSSR count). The number of rotatable bonds is 2. The number of halogens is 1. The molecule has 1 aromatic rings. The highest BCUT2D eigenvalue weighted by Crippen LogP contribution is 2.39. The molecule has 0 radical (unpaired) electrons. The summed E-state index contributed by atoms with van der Waals surface area (Å²) in [6, 6.07) is 2.95. The number of aromatic nitrogens is 1. The molecular weight excluding hydrogens is 225 g/mol. The van der Waals surface area contributed by atoms with Gasteiger partial charge < -0.3 is 5.11 Å². The topological polar surface area (TPSA) is 67.3 Å². The maximum absolute atomic E-state index is 13.6. The van der Waals surface area contributed by atoms with Crippen LogP contribution in [0.4, 0.5) is 4.39 Å². The molecule has 17 heavy (non-hydrogen) atoms. The summed E-state index contributed by atoms with van der Waals surface area (Å²) in [6.45, 7) is 0. The summed E-state index contributed by atoms with van der Waals surface area (Å²) >= 11 is 0. The number of carbonyl (C=O) groups is 2. The van der Waals surface area contributed by atoms with Gasteiger partial charge >= 0.3 is 5.97 Å². The number of hydrogen-bond donors (Lipinski definition) is 1. The third-order valence-electron chi connectivity index (χ3n) is 3.35. The molecule has 1 aliphatic rings. The molecule has 0 bridgehead atoms. The van der Waals surface area contributed by atoms with Gasteiger partial charge in [-0.25, -0.2) is 4.98 Å². The van der Waals surface area contributed by atoms with E-state index in [-0.39, 0.29) is 37.0 Å². The average molecular weight is 237 g/mol. The number of nitrogens with zero attached hydrogens (tertiary/aromatic N) is 1. The van der Waals surface area contributed by atoms with Crippen LogP contribution in [0.25, 0.3) is 0 Å². The van der Waals surface area contributed by atoms with Crippen molar-refractivity contribution in [2.45, 2.75) is 31.1 Å². The molecule has 1 heterocycles. The molecular formula is C12H12FNO3. The molecule has 0 atom stereocenters. The molecule has 0 aromatic carbocycles. The van der Waals surface area contributed by atoms with Crippen LogP contribution in [0.1, 0.15) is 31.2 Å². The Balaban J connectivity index is 2.46. The summed E-state index contributed by atoms with van der Waals surface area (Å²) in [7, 11) is 0. The predicted octanol–water partition coefficient (Wildman–Crippen LogP) is 1.69. The lowest BCUT2D eigenvalue weighted by molar-refractivity contribution is -0.146. The first-order valence-corrected chi connectivity index (χ1v) is 5.42. The number of carboxylic acid groups (broad SMARTS) is 1. The number of carbonyl (C=O) groups excluding carboxylic acids is 1. The lowest BCUT2D eigenvalue weighted by Gasteiger charge is -2.32. The Morgan fingerprint density at radius 1 is 1.41 bits per heavy atom. The number of pyridine rings is 1. The molecule has 1 saturated carbocycles. The fourth-order valence-electron chi connectivity index (χ4n) is 2.30. The van der Waals surface area contributed by atoms with E-state index in [0.717, 1.165) is 0 Å². The van der Waals surface area contributed by atoms with Crippen molar-refractivity contribution in [2.75, 3.05) is 0 Å². The van der Waals surface area contributed by atoms with Crippen LogP contribution in [0.2, 0.25) is 0 Å². The van der Waals surface area contributed by atoms with E-state index < -0.39 is 17.3 Å². The van der Waals surface area contributed by atoms with Crippen molar-refractivity contribution in [1.82, 2.24) is 4.98 Å². The highest BCUT2D eigenvalue weighted by molar-refractivity contribution is 5.87. The van der Waals surface area contributed by atoms with Gasteiger partial charge in [0.1, 0.15) is 5.78 Å². The largest absolute Gasteiger partial charge is 0.481 e. The molecule has 1 aromatic heterocycles. The van der Waals surface area contributed by atoms with E-state index in [4.69, 9.17) is 0 Å². The van der Waals surface area contributed by atoms with Crippen LogP contribution in [-0.4, -0.2) is 21.8 Å². The van der Waals surface area contributed by atoms with Crippen molar-refractivity contribution < 1.29 is 19.1 Å². The Labute approximate surface area is 97.5 Å². The van der Waals surface area contributed by atoms with Gasteiger partial charge in [0.25, 0.3) is 0 Å². The summed E-state index contributed by atoms with van der Waals surface area (Å²) in [4.78, 5) is 26.1. The second-order valence-corrected chi connectivity index (χ2v) is 4.27. The number of ketones is 1. The van der Waals surface area contributed by atoms with E-state index in [1.165, 1.54) is 18.3 Å². The van der Waals surface area contributed by atoms with Crippen LogP contribution in [0.5, 0.6) is 0 Å². The lowest BCUT2D eigenvalue weighted by atomic mass is 9.69. The van der Waals surface area contributed by atoms with Crippen LogP contribution in [0, 0.1) is 5.95 Å². The van der Waals surface area contributed by atoms with Crippen LogP contribution in [-0.2, 0) is 15.0 Å². The van der Waals surface area contributed by atoms with E-state index in [1.54, 1.807) is 0 Å². The van der Waals surface area contributed by atoms with Crippen molar-refractivity contribution in [1.29, 1.82) is 0 Å². The van der Waals surface area contributed by atoms with Crippen LogP contribution in [0.15, 0.2) is 18.3 Å². The second kappa shape index (κ2) is 4.24. The minimum absolute atomic E-state index is 0.0335. The van der Waals surface area contributed by atoms with Crippen molar-refractivity contribution >= 4 is 11.8 Å². The van der Waals surface area contributed by atoms with Gasteiger partial charge in [-0.05, 0) is 18.9 Å². The zero-order valence-electron chi connectivity index (χ0n) is 9.15. The van der Waals surface area contributed by atoms with E-state index in [0.29, 0.717) is 0 Å². The van der Waals surface area contributed by atoms with Gasteiger partial charge in [-0.1, -0.05) is 6.07 Å². The van der Waals surface area contributed by atoms with Gasteiger partial charge in [0.15, 0.2) is 0 Å². The zero-order chi connectivity index (χ0) is 12.5. The first-order chi connectivity index (χ1) is 8.06. The molecule has 0 saturated heterocycles. The number of Topliss-reactive ketones (excluding diaryl/α,β-unsaturated/α-hetero) is 1. The highest BCUT2D eigenvalue weighted by atomic mass is 19.1. The molecule has 4 nitrogen and oxygen atoms in total. The number of aliphatic carboxylic acids is 1. The van der Waals surface area contributed by atoms with Crippen molar-refractivity contribution in [2.24, 2.45) is 0 Å². The fraction of sp³-hybridized carbons (Fsp3) is 0.417. The fourth-order valence-corrected chi connectivity index (χ4v) is 2.30. The standard InChI is InChI=1S/C12H12FNO3/c13-10-9(2-1-7-14-10)12(11(16)17)5-3-8(15)4-6-12/h1-2,7H,3-6H2,(H,16,17). The smallest absolute Gasteiger partial charge is 0.314 e. The van der Waals surface area contributed by atoms with E-state index >= 15 is 0 Å². The highest BCUT2D eigenvalue weighted by Gasteiger charge is 2.45. The Kier molecular flexibility index (Phi) is 2.92. The van der Waals surface area contributed by atoms with Gasteiger partial charge in [0.2, 0.25) is 5.95 Å². The lowest BCUT2D eigenvalue weighted by Crippen LogP contribution is -2.40. The minimum atomic E-state index is -1.30.